The van der Waals surface area contributed by atoms with Crippen LogP contribution in [0.2, 0.25) is 0 Å². The van der Waals surface area contributed by atoms with Gasteiger partial charge in [-0.05, 0) is 19.1 Å². The molecule has 0 saturated carbocycles. The van der Waals surface area contributed by atoms with Gasteiger partial charge in [0.1, 0.15) is 5.75 Å². The summed E-state index contributed by atoms with van der Waals surface area (Å²) in [5.41, 5.74) is 0.290. The Morgan fingerprint density at radius 3 is 2.74 bits per heavy atom. The van der Waals surface area contributed by atoms with Crippen molar-refractivity contribution in [1.29, 1.82) is 0 Å². The molecule has 23 heavy (non-hydrogen) atoms. The molecule has 1 N–H and O–H groups in total. The van der Waals surface area contributed by atoms with E-state index in [9.17, 15) is 9.59 Å². The number of rotatable bonds is 5. The van der Waals surface area contributed by atoms with Crippen molar-refractivity contribution < 1.29 is 19.2 Å². The molecule has 7 heteroatoms. The first-order valence-corrected chi connectivity index (χ1v) is 7.24. The van der Waals surface area contributed by atoms with Crippen LogP contribution in [0.4, 0.5) is 0 Å². The van der Waals surface area contributed by atoms with Crippen LogP contribution in [0.5, 0.6) is 5.75 Å². The number of ether oxygens (including phenoxy) is 1. The number of nitrogens with one attached hydrogen (secondary N) is 1. The molecule has 2 amide bonds. The average Bonchev–Trinajstić information content (AvgIpc) is 2.95. The molecule has 0 bridgehead atoms. The zero-order chi connectivity index (χ0) is 17.0. The van der Waals surface area contributed by atoms with Gasteiger partial charge in [0, 0.05) is 26.1 Å². The van der Waals surface area contributed by atoms with E-state index in [0.29, 0.717) is 17.9 Å². The number of benzene rings is 1. The first-order valence-electron chi connectivity index (χ1n) is 7.24. The summed E-state index contributed by atoms with van der Waals surface area (Å²) < 4.78 is 5.30. The quantitative estimate of drug-likeness (QED) is 0.870. The largest absolute Gasteiger partial charge is 0.496 e. The molecule has 124 valence electrons. The average molecular weight is 319 g/mol. The van der Waals surface area contributed by atoms with Gasteiger partial charge in [0.2, 0.25) is 11.5 Å². The Hall–Kier alpha value is -2.57. The molecule has 1 aliphatic rings. The van der Waals surface area contributed by atoms with Crippen molar-refractivity contribution in [3.63, 3.8) is 0 Å². The number of oxime groups is 1. The molecular formula is C16H21N3O4. The zero-order valence-electron chi connectivity index (χ0n) is 13.8. The summed E-state index contributed by atoms with van der Waals surface area (Å²) in [4.78, 5) is 30.6. The lowest BCUT2D eigenvalue weighted by Crippen LogP contribution is -2.47. The fraction of sp³-hybridized carbons (Fsp3) is 0.438. The highest BCUT2D eigenvalue weighted by Gasteiger charge is 2.42. The van der Waals surface area contributed by atoms with Gasteiger partial charge in [0.25, 0.3) is 5.91 Å². The number of likely N-dealkylation sites (N-methyl/N-ethyl adjacent to an activating group) is 1. The number of hydrogen-bond donors (Lipinski definition) is 1. The number of nitrogens with zero attached hydrogens (tertiary/aromatic N) is 2. The number of methoxy groups -OCH3 is 1. The van der Waals surface area contributed by atoms with E-state index >= 15 is 0 Å². The van der Waals surface area contributed by atoms with Gasteiger partial charge in [-0.3, -0.25) is 9.59 Å². The van der Waals surface area contributed by atoms with E-state index in [0.717, 1.165) is 5.56 Å². The minimum absolute atomic E-state index is 0.0746. The highest BCUT2D eigenvalue weighted by atomic mass is 16.7. The molecule has 7 nitrogen and oxygen atoms in total. The number of amides is 2. The van der Waals surface area contributed by atoms with Crippen molar-refractivity contribution in [1.82, 2.24) is 10.2 Å². The van der Waals surface area contributed by atoms with Gasteiger partial charge in [-0.2, -0.15) is 0 Å². The van der Waals surface area contributed by atoms with Crippen LogP contribution in [0.15, 0.2) is 29.4 Å². The predicted octanol–water partition coefficient (Wildman–Crippen LogP) is 0.783. The highest BCUT2D eigenvalue weighted by molar-refractivity contribution is 6.07. The normalized spacial score (nSPS) is 19.6. The predicted molar refractivity (Wildman–Crippen MR) is 85.3 cm³/mol. The Labute approximate surface area is 135 Å². The van der Waals surface area contributed by atoms with Crippen LogP contribution in [0.3, 0.4) is 0 Å². The van der Waals surface area contributed by atoms with Gasteiger partial charge < -0.3 is 19.8 Å². The molecular weight excluding hydrogens is 298 g/mol. The molecule has 0 radical (unpaired) electrons. The summed E-state index contributed by atoms with van der Waals surface area (Å²) in [5.74, 6) is 0.106. The Kier molecular flexibility index (Phi) is 4.88. The summed E-state index contributed by atoms with van der Waals surface area (Å²) in [6, 6.07) is 7.41. The van der Waals surface area contributed by atoms with Crippen molar-refractivity contribution in [3.05, 3.63) is 29.8 Å². The molecule has 0 fully saturated rings. The van der Waals surface area contributed by atoms with E-state index in [4.69, 9.17) is 9.57 Å². The first-order chi connectivity index (χ1) is 10.9. The fourth-order valence-electron chi connectivity index (χ4n) is 2.19. The van der Waals surface area contributed by atoms with Crippen LogP contribution >= 0.6 is 0 Å². The van der Waals surface area contributed by atoms with Gasteiger partial charge in [0.05, 0.1) is 19.4 Å². The second kappa shape index (κ2) is 6.68. The number of para-hydroxylation sites is 1. The minimum atomic E-state index is -1.14. The maximum Gasteiger partial charge on any atom is 0.267 e. The van der Waals surface area contributed by atoms with Crippen LogP contribution in [-0.4, -0.2) is 55.8 Å². The number of carbonyl (C=O) groups is 2. The van der Waals surface area contributed by atoms with Gasteiger partial charge in [-0.25, -0.2) is 0 Å². The molecule has 1 aromatic carbocycles. The summed E-state index contributed by atoms with van der Waals surface area (Å²) in [6.45, 7) is 1.57. The van der Waals surface area contributed by atoms with Crippen LogP contribution < -0.4 is 10.1 Å². The molecule has 1 atom stereocenters. The topological polar surface area (TPSA) is 80.2 Å². The third-order valence-corrected chi connectivity index (χ3v) is 3.66. The Morgan fingerprint density at radius 2 is 2.09 bits per heavy atom. The van der Waals surface area contributed by atoms with Crippen LogP contribution in [0.1, 0.15) is 18.9 Å². The second-order valence-corrected chi connectivity index (χ2v) is 5.71. The van der Waals surface area contributed by atoms with Crippen LogP contribution in [0, 0.1) is 0 Å². The van der Waals surface area contributed by atoms with E-state index < -0.39 is 5.60 Å². The lowest BCUT2D eigenvalue weighted by atomic mass is 9.94. The smallest absolute Gasteiger partial charge is 0.267 e. The van der Waals surface area contributed by atoms with Crippen molar-refractivity contribution in [2.75, 3.05) is 27.7 Å². The lowest BCUT2D eigenvalue weighted by molar-refractivity contribution is -0.143. The van der Waals surface area contributed by atoms with E-state index in [1.807, 2.05) is 24.3 Å². The van der Waals surface area contributed by atoms with Crippen molar-refractivity contribution in [2.24, 2.45) is 5.16 Å². The van der Waals surface area contributed by atoms with Crippen molar-refractivity contribution in [2.45, 2.75) is 18.9 Å². The van der Waals surface area contributed by atoms with E-state index in [1.54, 1.807) is 28.1 Å². The number of carbonyl (C=O) groups excluding carboxylic acids is 2. The summed E-state index contributed by atoms with van der Waals surface area (Å²) in [7, 11) is 4.84. The second-order valence-electron chi connectivity index (χ2n) is 5.71. The molecule has 2 rings (SSSR count). The highest BCUT2D eigenvalue weighted by Crippen LogP contribution is 2.30. The standard InChI is InChI=1S/C16H21N3O4/c1-16(15(21)17-10-14(20)19(2)3)9-12(18-23-16)11-7-5-6-8-13(11)22-4/h5-8H,9-10H2,1-4H3,(H,17,21). The molecule has 0 aromatic heterocycles. The monoisotopic (exact) mass is 319 g/mol. The van der Waals surface area contributed by atoms with Gasteiger partial charge in [0.15, 0.2) is 0 Å². The summed E-state index contributed by atoms with van der Waals surface area (Å²) in [6.07, 6.45) is 0.301. The van der Waals surface area contributed by atoms with Crippen molar-refractivity contribution >= 4 is 17.5 Å². The van der Waals surface area contributed by atoms with Gasteiger partial charge in [-0.15, -0.1) is 0 Å². The van der Waals surface area contributed by atoms with E-state index in [2.05, 4.69) is 10.5 Å². The molecule has 0 spiro atoms. The Morgan fingerprint density at radius 1 is 1.39 bits per heavy atom. The number of hydrogen-bond acceptors (Lipinski definition) is 5. The van der Waals surface area contributed by atoms with Gasteiger partial charge >= 0.3 is 0 Å². The third kappa shape index (κ3) is 3.61. The Bertz CT molecular complexity index is 642. The van der Waals surface area contributed by atoms with Crippen LogP contribution in [0.25, 0.3) is 0 Å². The van der Waals surface area contributed by atoms with Crippen LogP contribution in [-0.2, 0) is 14.4 Å². The SMILES string of the molecule is COc1ccccc1C1=NOC(C)(C(=O)NCC(=O)N(C)C)C1. The van der Waals surface area contributed by atoms with E-state index in [-0.39, 0.29) is 18.4 Å². The first kappa shape index (κ1) is 16.8. The Balaban J connectivity index is 2.04. The maximum absolute atomic E-state index is 12.3. The van der Waals surface area contributed by atoms with E-state index in [1.165, 1.54) is 4.90 Å². The zero-order valence-corrected chi connectivity index (χ0v) is 13.8. The molecule has 1 heterocycles. The van der Waals surface area contributed by atoms with Gasteiger partial charge in [-0.1, -0.05) is 17.3 Å². The van der Waals surface area contributed by atoms with Crippen molar-refractivity contribution in [3.8, 4) is 5.75 Å². The summed E-state index contributed by atoms with van der Waals surface area (Å²) in [5, 5.41) is 6.62. The third-order valence-electron chi connectivity index (χ3n) is 3.66. The molecule has 1 aromatic rings. The summed E-state index contributed by atoms with van der Waals surface area (Å²) >= 11 is 0. The maximum atomic E-state index is 12.3. The fourth-order valence-corrected chi connectivity index (χ4v) is 2.19. The molecule has 0 saturated heterocycles. The molecule has 1 aliphatic heterocycles. The molecule has 1 unspecified atom stereocenters. The molecule has 0 aliphatic carbocycles. The lowest BCUT2D eigenvalue weighted by Gasteiger charge is -2.21. The minimum Gasteiger partial charge on any atom is -0.496 e.